The van der Waals surface area contributed by atoms with Crippen LogP contribution in [0.5, 0.6) is 0 Å². The van der Waals surface area contributed by atoms with Crippen molar-refractivity contribution in [1.82, 2.24) is 9.97 Å². The van der Waals surface area contributed by atoms with Crippen LogP contribution < -0.4 is 4.90 Å². The highest BCUT2D eigenvalue weighted by molar-refractivity contribution is 5.84. The van der Waals surface area contributed by atoms with Gasteiger partial charge in [0.2, 0.25) is 0 Å². The Balaban J connectivity index is 1.47. The van der Waals surface area contributed by atoms with Crippen molar-refractivity contribution in [2.75, 3.05) is 18.0 Å². The van der Waals surface area contributed by atoms with Crippen LogP contribution in [-0.2, 0) is 6.18 Å². The Hall–Kier alpha value is -3.20. The highest BCUT2D eigenvalue weighted by atomic mass is 19.4. The molecular formula is C22H18F3N3. The molecule has 0 bridgehead atoms. The number of rotatable bonds is 1. The molecule has 4 rings (SSSR count). The number of aromatic nitrogens is 2. The van der Waals surface area contributed by atoms with Crippen molar-refractivity contribution in [3.8, 4) is 11.8 Å². The van der Waals surface area contributed by atoms with Crippen molar-refractivity contribution >= 4 is 16.7 Å². The number of aromatic amines is 1. The average Bonchev–Trinajstić information content (AvgIpc) is 3.17. The number of nitrogens with zero attached hydrogens (tertiary/aromatic N) is 2. The van der Waals surface area contributed by atoms with Gasteiger partial charge in [-0.2, -0.15) is 13.2 Å². The molecule has 0 unspecified atom stereocenters. The molecule has 3 nitrogen and oxygen atoms in total. The quantitative estimate of drug-likeness (QED) is 0.596. The summed E-state index contributed by atoms with van der Waals surface area (Å²) < 4.78 is 37.8. The van der Waals surface area contributed by atoms with Gasteiger partial charge in [0, 0.05) is 35.8 Å². The lowest BCUT2D eigenvalue weighted by atomic mass is 10.1. The number of hydrogen-bond donors (Lipinski definition) is 1. The predicted molar refractivity (Wildman–Crippen MR) is 104 cm³/mol. The van der Waals surface area contributed by atoms with Crippen molar-refractivity contribution < 1.29 is 13.2 Å². The average molecular weight is 381 g/mol. The molecule has 142 valence electrons. The molecule has 3 aromatic rings. The lowest BCUT2D eigenvalue weighted by molar-refractivity contribution is -0.137. The molecule has 1 aliphatic rings. The topological polar surface area (TPSA) is 31.9 Å². The fourth-order valence-electron chi connectivity index (χ4n) is 3.35. The molecule has 0 radical (unpaired) electrons. The van der Waals surface area contributed by atoms with E-state index in [4.69, 9.17) is 0 Å². The van der Waals surface area contributed by atoms with Crippen molar-refractivity contribution in [2.24, 2.45) is 0 Å². The van der Waals surface area contributed by atoms with E-state index in [2.05, 4.69) is 39.7 Å². The Morgan fingerprint density at radius 1 is 1.11 bits per heavy atom. The first kappa shape index (κ1) is 18.2. The first-order valence-electron chi connectivity index (χ1n) is 8.98. The maximum absolute atomic E-state index is 12.6. The van der Waals surface area contributed by atoms with Gasteiger partial charge < -0.3 is 9.88 Å². The van der Waals surface area contributed by atoms with Crippen LogP contribution in [0.3, 0.4) is 0 Å². The number of alkyl halides is 3. The predicted octanol–water partition coefficient (Wildman–Crippen LogP) is 5.08. The zero-order valence-corrected chi connectivity index (χ0v) is 15.3. The normalized spacial score (nSPS) is 14.6. The molecular weight excluding hydrogens is 363 g/mol. The summed E-state index contributed by atoms with van der Waals surface area (Å²) >= 11 is 0. The van der Waals surface area contributed by atoms with Gasteiger partial charge in [0.15, 0.2) is 0 Å². The first-order valence-corrected chi connectivity index (χ1v) is 8.98. The molecule has 1 aromatic carbocycles. The molecule has 28 heavy (non-hydrogen) atoms. The molecule has 0 saturated carbocycles. The molecule has 0 amide bonds. The lowest BCUT2D eigenvalue weighted by Gasteiger charge is -2.28. The van der Waals surface area contributed by atoms with Crippen LogP contribution in [0.1, 0.15) is 23.1 Å². The highest BCUT2D eigenvalue weighted by Gasteiger charge is 2.29. The minimum atomic E-state index is -4.32. The van der Waals surface area contributed by atoms with E-state index in [0.717, 1.165) is 53.9 Å². The molecule has 1 N–H and O–H groups in total. The van der Waals surface area contributed by atoms with Crippen LogP contribution in [0, 0.1) is 18.8 Å². The van der Waals surface area contributed by atoms with Crippen LogP contribution >= 0.6 is 0 Å². The maximum Gasteiger partial charge on any atom is 0.416 e. The molecule has 6 heteroatoms. The van der Waals surface area contributed by atoms with Gasteiger partial charge in [0.1, 0.15) is 5.65 Å². The number of anilines is 1. The van der Waals surface area contributed by atoms with E-state index in [9.17, 15) is 13.2 Å². The van der Waals surface area contributed by atoms with E-state index in [0.29, 0.717) is 5.56 Å². The van der Waals surface area contributed by atoms with Crippen molar-refractivity contribution in [2.45, 2.75) is 19.5 Å². The summed E-state index contributed by atoms with van der Waals surface area (Å²) in [5.74, 6) is 6.05. The van der Waals surface area contributed by atoms with Crippen LogP contribution in [0.2, 0.25) is 0 Å². The molecule has 0 fully saturated rings. The van der Waals surface area contributed by atoms with E-state index in [1.54, 1.807) is 0 Å². The summed E-state index contributed by atoms with van der Waals surface area (Å²) in [7, 11) is 0. The van der Waals surface area contributed by atoms with Crippen LogP contribution in [0.15, 0.2) is 54.4 Å². The second-order valence-electron chi connectivity index (χ2n) is 6.76. The Labute approximate surface area is 160 Å². The summed E-state index contributed by atoms with van der Waals surface area (Å²) in [5.41, 5.74) is 4.11. The summed E-state index contributed by atoms with van der Waals surface area (Å²) in [6.45, 7) is 3.65. The minimum absolute atomic E-state index is 0.578. The third-order valence-electron chi connectivity index (χ3n) is 4.96. The number of aryl methyl sites for hydroxylation is 1. The molecule has 2 aromatic heterocycles. The van der Waals surface area contributed by atoms with Crippen LogP contribution in [-0.4, -0.2) is 23.1 Å². The van der Waals surface area contributed by atoms with Gasteiger partial charge in [-0.05, 0) is 49.2 Å². The molecule has 0 aliphatic carbocycles. The van der Waals surface area contributed by atoms with Crippen molar-refractivity contribution in [3.63, 3.8) is 0 Å². The number of benzene rings is 1. The second-order valence-corrected chi connectivity index (χ2v) is 6.76. The van der Waals surface area contributed by atoms with Crippen LogP contribution in [0.4, 0.5) is 18.9 Å². The highest BCUT2D eigenvalue weighted by Crippen LogP contribution is 2.29. The molecule has 0 spiro atoms. The van der Waals surface area contributed by atoms with Gasteiger partial charge in [-0.1, -0.05) is 17.9 Å². The summed E-state index contributed by atoms with van der Waals surface area (Å²) in [6.07, 6.45) is 2.32. The van der Waals surface area contributed by atoms with Crippen molar-refractivity contribution in [1.29, 1.82) is 0 Å². The number of nitrogens with one attached hydrogen (secondary N) is 1. The monoisotopic (exact) mass is 381 g/mol. The molecule has 3 heterocycles. The number of fused-ring (bicyclic) bond motifs is 1. The summed E-state index contributed by atoms with van der Waals surface area (Å²) in [4.78, 5) is 9.85. The van der Waals surface area contributed by atoms with Crippen LogP contribution in [0.25, 0.3) is 11.0 Å². The number of H-pyrrole nitrogens is 1. The fourth-order valence-corrected chi connectivity index (χ4v) is 3.35. The minimum Gasteiger partial charge on any atom is -0.366 e. The Morgan fingerprint density at radius 3 is 2.57 bits per heavy atom. The standard InChI is InChI=1S/C22H18F3N3/c1-15-19-8-11-26-21(19)27-14-20(15)28-12-9-17(10-13-28)3-2-16-4-6-18(7-5-16)22(23,24)25/h4-9,11,14H,10,12-13H2,1H3,(H,26,27). The smallest absolute Gasteiger partial charge is 0.366 e. The van der Waals surface area contributed by atoms with E-state index in [-0.39, 0.29) is 0 Å². The van der Waals surface area contributed by atoms with Gasteiger partial charge in [-0.3, -0.25) is 0 Å². The van der Waals surface area contributed by atoms with E-state index < -0.39 is 11.7 Å². The van der Waals surface area contributed by atoms with E-state index in [1.165, 1.54) is 17.7 Å². The zero-order chi connectivity index (χ0) is 19.7. The second kappa shape index (κ2) is 7.08. The van der Waals surface area contributed by atoms with Gasteiger partial charge in [0.05, 0.1) is 17.4 Å². The molecule has 1 aliphatic heterocycles. The number of pyridine rings is 1. The third-order valence-corrected chi connectivity index (χ3v) is 4.96. The van der Waals surface area contributed by atoms with Crippen molar-refractivity contribution in [3.05, 3.63) is 71.1 Å². The Morgan fingerprint density at radius 2 is 1.89 bits per heavy atom. The number of hydrogen-bond acceptors (Lipinski definition) is 2. The maximum atomic E-state index is 12.6. The van der Waals surface area contributed by atoms with Gasteiger partial charge in [-0.15, -0.1) is 0 Å². The Bertz CT molecular complexity index is 1100. The summed E-state index contributed by atoms with van der Waals surface area (Å²) in [5, 5.41) is 1.12. The Kier molecular flexibility index (Phi) is 4.60. The fraction of sp³-hybridized carbons (Fsp3) is 0.227. The zero-order valence-electron chi connectivity index (χ0n) is 15.3. The lowest BCUT2D eigenvalue weighted by Crippen LogP contribution is -2.29. The van der Waals surface area contributed by atoms with E-state index in [1.807, 2.05) is 18.5 Å². The summed E-state index contributed by atoms with van der Waals surface area (Å²) in [6, 6.07) is 6.98. The SMILES string of the molecule is Cc1c(N2CC=C(C#Cc3ccc(C(F)(F)F)cc3)CC2)cnc2[nH]ccc12. The molecule has 0 saturated heterocycles. The van der Waals surface area contributed by atoms with E-state index >= 15 is 0 Å². The third kappa shape index (κ3) is 3.61. The molecule has 0 atom stereocenters. The van der Waals surface area contributed by atoms with Gasteiger partial charge in [0.25, 0.3) is 0 Å². The van der Waals surface area contributed by atoms with Gasteiger partial charge in [-0.25, -0.2) is 4.98 Å². The van der Waals surface area contributed by atoms with Gasteiger partial charge >= 0.3 is 6.18 Å². The number of halogens is 3. The largest absolute Gasteiger partial charge is 0.416 e. The first-order chi connectivity index (χ1) is 13.4.